The van der Waals surface area contributed by atoms with E-state index < -0.39 is 0 Å². The van der Waals surface area contributed by atoms with Gasteiger partial charge in [0.2, 0.25) is 0 Å². The highest BCUT2D eigenvalue weighted by Crippen LogP contribution is 2.37. The summed E-state index contributed by atoms with van der Waals surface area (Å²) in [5, 5.41) is 0. The molecule has 100 valence electrons. The first-order chi connectivity index (χ1) is 9.29. The van der Waals surface area contributed by atoms with Crippen molar-refractivity contribution < 1.29 is 4.74 Å². The van der Waals surface area contributed by atoms with Gasteiger partial charge in [0.1, 0.15) is 5.75 Å². The molecule has 2 aromatic rings. The van der Waals surface area contributed by atoms with Crippen LogP contribution in [0.1, 0.15) is 26.9 Å². The summed E-state index contributed by atoms with van der Waals surface area (Å²) in [6.07, 6.45) is 1.18. The van der Waals surface area contributed by atoms with E-state index in [1.165, 1.54) is 27.5 Å². The number of nitrogens with two attached hydrogens (primary N) is 1. The molecule has 2 heterocycles. The zero-order chi connectivity index (χ0) is 13.2. The van der Waals surface area contributed by atoms with Crippen LogP contribution in [0, 0.1) is 0 Å². The van der Waals surface area contributed by atoms with E-state index in [0.717, 1.165) is 17.1 Å². The summed E-state index contributed by atoms with van der Waals surface area (Å²) in [6.45, 7) is 0. The number of thioether (sulfide) groups is 1. The third kappa shape index (κ3) is 2.53. The Morgan fingerprint density at radius 1 is 1.32 bits per heavy atom. The molecular formula is C15H17NOS2. The zero-order valence-corrected chi connectivity index (χ0v) is 12.5. The largest absolute Gasteiger partial charge is 0.496 e. The molecule has 0 bridgehead atoms. The first-order valence-corrected chi connectivity index (χ1v) is 8.34. The standard InChI is InChI=1S/C15H17NOS2/c1-17-12-5-3-2-4-11(12)15(16)14-8-10-9-18-7-6-13(10)19-14/h2-5,8,15H,6-7,9,16H2,1H3. The summed E-state index contributed by atoms with van der Waals surface area (Å²) in [5.41, 5.74) is 8.97. The highest BCUT2D eigenvalue weighted by atomic mass is 32.2. The van der Waals surface area contributed by atoms with Gasteiger partial charge in [-0.3, -0.25) is 0 Å². The SMILES string of the molecule is COc1ccccc1C(N)c1cc2c(s1)CCSC2. The molecule has 0 spiro atoms. The Morgan fingerprint density at radius 2 is 2.16 bits per heavy atom. The van der Waals surface area contributed by atoms with Gasteiger partial charge in [-0.2, -0.15) is 11.8 Å². The molecular weight excluding hydrogens is 274 g/mol. The molecule has 2 nitrogen and oxygen atoms in total. The van der Waals surface area contributed by atoms with Crippen LogP contribution in [0.4, 0.5) is 0 Å². The topological polar surface area (TPSA) is 35.2 Å². The summed E-state index contributed by atoms with van der Waals surface area (Å²) in [7, 11) is 1.70. The number of methoxy groups -OCH3 is 1. The summed E-state index contributed by atoms with van der Waals surface area (Å²) >= 11 is 3.87. The van der Waals surface area contributed by atoms with Crippen LogP contribution < -0.4 is 10.5 Å². The van der Waals surface area contributed by atoms with Crippen LogP contribution in [0.2, 0.25) is 0 Å². The van der Waals surface area contributed by atoms with Crippen molar-refractivity contribution in [3.63, 3.8) is 0 Å². The normalized spacial score (nSPS) is 15.9. The van der Waals surface area contributed by atoms with Crippen molar-refractivity contribution in [2.24, 2.45) is 5.73 Å². The molecule has 0 amide bonds. The van der Waals surface area contributed by atoms with Gasteiger partial charge in [0.05, 0.1) is 13.2 Å². The van der Waals surface area contributed by atoms with E-state index in [1.54, 1.807) is 7.11 Å². The molecule has 1 aromatic heterocycles. The average molecular weight is 291 g/mol. The molecule has 0 aliphatic carbocycles. The quantitative estimate of drug-likeness (QED) is 0.938. The smallest absolute Gasteiger partial charge is 0.124 e. The summed E-state index contributed by atoms with van der Waals surface area (Å²) in [4.78, 5) is 2.76. The average Bonchev–Trinajstić information content (AvgIpc) is 2.90. The molecule has 2 N–H and O–H groups in total. The number of benzene rings is 1. The molecule has 3 rings (SSSR count). The Balaban J connectivity index is 1.95. The van der Waals surface area contributed by atoms with Crippen molar-refractivity contribution in [2.75, 3.05) is 12.9 Å². The lowest BCUT2D eigenvalue weighted by Crippen LogP contribution is -2.11. The Labute approximate surface area is 122 Å². The van der Waals surface area contributed by atoms with E-state index in [-0.39, 0.29) is 6.04 Å². The lowest BCUT2D eigenvalue weighted by Gasteiger charge is -2.14. The molecule has 0 saturated carbocycles. The highest BCUT2D eigenvalue weighted by Gasteiger charge is 2.20. The van der Waals surface area contributed by atoms with E-state index in [2.05, 4.69) is 12.1 Å². The molecule has 1 aliphatic rings. The van der Waals surface area contributed by atoms with Gasteiger partial charge in [0.25, 0.3) is 0 Å². The van der Waals surface area contributed by atoms with Crippen LogP contribution in [0.5, 0.6) is 5.75 Å². The van der Waals surface area contributed by atoms with E-state index in [9.17, 15) is 0 Å². The number of ether oxygens (including phenoxy) is 1. The summed E-state index contributed by atoms with van der Waals surface area (Å²) in [6, 6.07) is 10.2. The fourth-order valence-corrected chi connectivity index (χ4v) is 4.80. The van der Waals surface area contributed by atoms with Crippen LogP contribution in [0.25, 0.3) is 0 Å². The Morgan fingerprint density at radius 3 is 2.95 bits per heavy atom. The number of hydrogen-bond acceptors (Lipinski definition) is 4. The molecule has 1 aliphatic heterocycles. The molecule has 1 atom stereocenters. The summed E-state index contributed by atoms with van der Waals surface area (Å²) < 4.78 is 5.41. The first kappa shape index (κ1) is 13.0. The predicted molar refractivity (Wildman–Crippen MR) is 83.2 cm³/mol. The third-order valence-corrected chi connectivity index (χ3v) is 5.76. The van der Waals surface area contributed by atoms with Gasteiger partial charge in [-0.25, -0.2) is 0 Å². The molecule has 0 saturated heterocycles. The number of para-hydroxylation sites is 1. The maximum atomic E-state index is 6.43. The molecule has 1 unspecified atom stereocenters. The second-order valence-electron chi connectivity index (χ2n) is 4.62. The van der Waals surface area contributed by atoms with Gasteiger partial charge >= 0.3 is 0 Å². The molecule has 0 fully saturated rings. The maximum absolute atomic E-state index is 6.43. The first-order valence-electron chi connectivity index (χ1n) is 6.37. The van der Waals surface area contributed by atoms with Gasteiger partial charge in [0.15, 0.2) is 0 Å². The Bertz CT molecular complexity index is 556. The number of fused-ring (bicyclic) bond motifs is 1. The number of thiophene rings is 1. The fraction of sp³-hybridized carbons (Fsp3) is 0.333. The van der Waals surface area contributed by atoms with E-state index >= 15 is 0 Å². The van der Waals surface area contributed by atoms with Crippen LogP contribution >= 0.6 is 23.1 Å². The minimum Gasteiger partial charge on any atom is -0.496 e. The minimum absolute atomic E-state index is 0.0863. The predicted octanol–water partition coefficient (Wildman–Crippen LogP) is 3.59. The van der Waals surface area contributed by atoms with E-state index in [4.69, 9.17) is 10.5 Å². The van der Waals surface area contributed by atoms with Crippen molar-refractivity contribution in [1.82, 2.24) is 0 Å². The molecule has 19 heavy (non-hydrogen) atoms. The zero-order valence-electron chi connectivity index (χ0n) is 10.9. The van der Waals surface area contributed by atoms with Gasteiger partial charge in [-0.15, -0.1) is 11.3 Å². The van der Waals surface area contributed by atoms with Gasteiger partial charge < -0.3 is 10.5 Å². The monoisotopic (exact) mass is 291 g/mol. The lowest BCUT2D eigenvalue weighted by molar-refractivity contribution is 0.408. The van der Waals surface area contributed by atoms with Gasteiger partial charge in [-0.05, 0) is 29.9 Å². The van der Waals surface area contributed by atoms with Crippen LogP contribution in [-0.4, -0.2) is 12.9 Å². The third-order valence-electron chi connectivity index (χ3n) is 3.43. The van der Waals surface area contributed by atoms with Crippen LogP contribution in [0.3, 0.4) is 0 Å². The Kier molecular flexibility index (Phi) is 3.82. The highest BCUT2D eigenvalue weighted by molar-refractivity contribution is 7.98. The molecule has 4 heteroatoms. The Hall–Kier alpha value is -0.970. The maximum Gasteiger partial charge on any atom is 0.124 e. The van der Waals surface area contributed by atoms with Crippen LogP contribution in [0.15, 0.2) is 30.3 Å². The number of hydrogen-bond donors (Lipinski definition) is 1. The van der Waals surface area contributed by atoms with Crippen molar-refractivity contribution >= 4 is 23.1 Å². The van der Waals surface area contributed by atoms with Crippen molar-refractivity contribution in [3.05, 3.63) is 51.2 Å². The summed E-state index contributed by atoms with van der Waals surface area (Å²) in [5.74, 6) is 3.23. The second kappa shape index (κ2) is 5.57. The van der Waals surface area contributed by atoms with Gasteiger partial charge in [-0.1, -0.05) is 18.2 Å². The van der Waals surface area contributed by atoms with Gasteiger partial charge in [0, 0.05) is 21.1 Å². The fourth-order valence-electron chi connectivity index (χ4n) is 2.40. The van der Waals surface area contributed by atoms with E-state index in [1.807, 2.05) is 41.3 Å². The second-order valence-corrected chi connectivity index (χ2v) is 6.89. The van der Waals surface area contributed by atoms with E-state index in [0.29, 0.717) is 0 Å². The molecule has 0 radical (unpaired) electrons. The van der Waals surface area contributed by atoms with Crippen molar-refractivity contribution in [3.8, 4) is 5.75 Å². The number of aryl methyl sites for hydroxylation is 1. The molecule has 1 aromatic carbocycles. The number of rotatable bonds is 3. The lowest BCUT2D eigenvalue weighted by atomic mass is 10.0. The van der Waals surface area contributed by atoms with Crippen molar-refractivity contribution in [1.29, 1.82) is 0 Å². The minimum atomic E-state index is -0.0863. The van der Waals surface area contributed by atoms with Crippen molar-refractivity contribution in [2.45, 2.75) is 18.2 Å². The van der Waals surface area contributed by atoms with Crippen LogP contribution in [-0.2, 0) is 12.2 Å².